The molecule has 7 heteroatoms. The highest BCUT2D eigenvalue weighted by molar-refractivity contribution is 5.85. The molecule has 156 valence electrons. The standard InChI is InChI=1S/C21H31N3O3.ClH/c22-15-18(25)13-19(26)23-11-8-21(9-12-23)14-20(27)24(16-21)10-4-7-17-5-2-1-3-6-17;/h1-3,5-6,18,25H,4,7-16,22H2;1H. The normalized spacial score (nSPS) is 19.6. The second-order valence-electron chi connectivity index (χ2n) is 8.06. The number of hydrogen-bond acceptors (Lipinski definition) is 4. The first kappa shape index (κ1) is 22.7. The molecular formula is C21H32ClN3O3. The smallest absolute Gasteiger partial charge is 0.225 e. The van der Waals surface area contributed by atoms with Crippen LogP contribution in [-0.4, -0.2) is 65.5 Å². The molecule has 0 radical (unpaired) electrons. The third-order valence-electron chi connectivity index (χ3n) is 6.00. The molecule has 0 aliphatic carbocycles. The SMILES string of the molecule is Cl.NCC(O)CC(=O)N1CCC2(CC1)CC(=O)N(CCCc1ccccc1)C2. The molecule has 1 atom stereocenters. The minimum absolute atomic E-state index is 0. The van der Waals surface area contributed by atoms with Crippen LogP contribution in [0.3, 0.4) is 0 Å². The maximum atomic E-state index is 12.5. The van der Waals surface area contributed by atoms with Crippen LogP contribution in [0, 0.1) is 5.41 Å². The summed E-state index contributed by atoms with van der Waals surface area (Å²) >= 11 is 0. The van der Waals surface area contributed by atoms with E-state index < -0.39 is 6.10 Å². The van der Waals surface area contributed by atoms with Gasteiger partial charge in [0.15, 0.2) is 0 Å². The number of likely N-dealkylation sites (tertiary alicyclic amines) is 2. The van der Waals surface area contributed by atoms with Gasteiger partial charge >= 0.3 is 0 Å². The Morgan fingerprint density at radius 1 is 1.21 bits per heavy atom. The van der Waals surface area contributed by atoms with Crippen molar-refractivity contribution in [2.45, 2.75) is 44.6 Å². The lowest BCUT2D eigenvalue weighted by Crippen LogP contribution is -2.45. The molecule has 2 fully saturated rings. The zero-order valence-electron chi connectivity index (χ0n) is 16.4. The lowest BCUT2D eigenvalue weighted by molar-refractivity contribution is -0.135. The van der Waals surface area contributed by atoms with E-state index in [-0.39, 0.29) is 42.6 Å². The predicted molar refractivity (Wildman–Crippen MR) is 111 cm³/mol. The maximum Gasteiger partial charge on any atom is 0.225 e. The molecular weight excluding hydrogens is 378 g/mol. The van der Waals surface area contributed by atoms with Crippen molar-refractivity contribution in [3.05, 3.63) is 35.9 Å². The van der Waals surface area contributed by atoms with Crippen molar-refractivity contribution in [1.29, 1.82) is 0 Å². The van der Waals surface area contributed by atoms with Gasteiger partial charge in [0, 0.05) is 44.6 Å². The second-order valence-corrected chi connectivity index (χ2v) is 8.06. The predicted octanol–water partition coefficient (Wildman–Crippen LogP) is 1.59. The molecule has 0 bridgehead atoms. The minimum Gasteiger partial charge on any atom is -0.391 e. The number of aryl methyl sites for hydroxylation is 1. The Labute approximate surface area is 173 Å². The first-order chi connectivity index (χ1) is 13.0. The van der Waals surface area contributed by atoms with E-state index in [0.29, 0.717) is 19.5 Å². The van der Waals surface area contributed by atoms with Crippen LogP contribution < -0.4 is 5.73 Å². The Hall–Kier alpha value is -1.63. The average Bonchev–Trinajstić information content (AvgIpc) is 2.98. The molecule has 1 unspecified atom stereocenters. The van der Waals surface area contributed by atoms with Gasteiger partial charge in [-0.25, -0.2) is 0 Å². The van der Waals surface area contributed by atoms with Gasteiger partial charge in [0.05, 0.1) is 12.5 Å². The number of aliphatic hydroxyl groups excluding tert-OH is 1. The molecule has 1 aromatic carbocycles. The zero-order valence-corrected chi connectivity index (χ0v) is 17.2. The number of hydrogen-bond donors (Lipinski definition) is 2. The van der Waals surface area contributed by atoms with Crippen LogP contribution in [-0.2, 0) is 16.0 Å². The largest absolute Gasteiger partial charge is 0.391 e. The highest BCUT2D eigenvalue weighted by Gasteiger charge is 2.45. The van der Waals surface area contributed by atoms with E-state index in [2.05, 4.69) is 12.1 Å². The van der Waals surface area contributed by atoms with Crippen LogP contribution in [0.15, 0.2) is 30.3 Å². The number of benzene rings is 1. The van der Waals surface area contributed by atoms with Crippen molar-refractivity contribution in [2.75, 3.05) is 32.7 Å². The molecule has 1 spiro atoms. The zero-order chi connectivity index (χ0) is 19.3. The number of halogens is 1. The Bertz CT molecular complexity index is 648. The maximum absolute atomic E-state index is 12.5. The molecule has 2 heterocycles. The number of nitrogens with two attached hydrogens (primary N) is 1. The van der Waals surface area contributed by atoms with E-state index in [1.807, 2.05) is 28.0 Å². The van der Waals surface area contributed by atoms with Gasteiger partial charge in [-0.15, -0.1) is 12.4 Å². The highest BCUT2D eigenvalue weighted by Crippen LogP contribution is 2.41. The summed E-state index contributed by atoms with van der Waals surface area (Å²) < 4.78 is 0. The minimum atomic E-state index is -0.762. The molecule has 2 saturated heterocycles. The summed E-state index contributed by atoms with van der Waals surface area (Å²) in [4.78, 5) is 28.5. The molecule has 28 heavy (non-hydrogen) atoms. The lowest BCUT2D eigenvalue weighted by atomic mass is 9.77. The monoisotopic (exact) mass is 409 g/mol. The molecule has 6 nitrogen and oxygen atoms in total. The summed E-state index contributed by atoms with van der Waals surface area (Å²) in [6, 6.07) is 10.4. The van der Waals surface area contributed by atoms with Crippen LogP contribution in [0.1, 0.15) is 37.7 Å². The molecule has 2 aliphatic rings. The Kier molecular flexibility index (Phi) is 8.28. The fourth-order valence-electron chi connectivity index (χ4n) is 4.28. The number of amides is 2. The Morgan fingerprint density at radius 2 is 1.89 bits per heavy atom. The fraction of sp³-hybridized carbons (Fsp3) is 0.619. The van der Waals surface area contributed by atoms with Crippen molar-refractivity contribution in [3.63, 3.8) is 0 Å². The van der Waals surface area contributed by atoms with E-state index >= 15 is 0 Å². The Morgan fingerprint density at radius 3 is 2.54 bits per heavy atom. The topological polar surface area (TPSA) is 86.9 Å². The van der Waals surface area contributed by atoms with Crippen molar-refractivity contribution < 1.29 is 14.7 Å². The number of carbonyl (C=O) groups excluding carboxylic acids is 2. The fourth-order valence-corrected chi connectivity index (χ4v) is 4.28. The number of carbonyl (C=O) groups is 2. The number of rotatable bonds is 7. The molecule has 3 rings (SSSR count). The van der Waals surface area contributed by atoms with Crippen molar-refractivity contribution >= 4 is 24.2 Å². The number of piperidine rings is 1. The van der Waals surface area contributed by atoms with Gasteiger partial charge in [0.1, 0.15) is 0 Å². The lowest BCUT2D eigenvalue weighted by Gasteiger charge is -2.39. The van der Waals surface area contributed by atoms with E-state index in [1.165, 1.54) is 5.56 Å². The molecule has 3 N–H and O–H groups in total. The average molecular weight is 410 g/mol. The van der Waals surface area contributed by atoms with Gasteiger partial charge in [-0.2, -0.15) is 0 Å². The summed E-state index contributed by atoms with van der Waals surface area (Å²) in [5, 5.41) is 9.57. The summed E-state index contributed by atoms with van der Waals surface area (Å²) in [7, 11) is 0. The van der Waals surface area contributed by atoms with Gasteiger partial charge in [-0.05, 0) is 31.2 Å². The van der Waals surface area contributed by atoms with Crippen LogP contribution in [0.5, 0.6) is 0 Å². The number of nitrogens with zero attached hydrogens (tertiary/aromatic N) is 2. The van der Waals surface area contributed by atoms with Crippen LogP contribution in [0.4, 0.5) is 0 Å². The van der Waals surface area contributed by atoms with Crippen molar-refractivity contribution in [2.24, 2.45) is 11.1 Å². The van der Waals surface area contributed by atoms with Crippen LogP contribution in [0.2, 0.25) is 0 Å². The quantitative estimate of drug-likeness (QED) is 0.716. The van der Waals surface area contributed by atoms with Gasteiger partial charge in [-0.1, -0.05) is 30.3 Å². The third-order valence-corrected chi connectivity index (χ3v) is 6.00. The van der Waals surface area contributed by atoms with Crippen LogP contribution in [0.25, 0.3) is 0 Å². The molecule has 2 aliphatic heterocycles. The summed E-state index contributed by atoms with van der Waals surface area (Å²) in [6.07, 6.45) is 3.62. The molecule has 0 aromatic heterocycles. The van der Waals surface area contributed by atoms with Gasteiger partial charge in [0.2, 0.25) is 11.8 Å². The van der Waals surface area contributed by atoms with Gasteiger partial charge in [-0.3, -0.25) is 9.59 Å². The molecule has 1 aromatic rings. The first-order valence-electron chi connectivity index (χ1n) is 9.99. The summed E-state index contributed by atoms with van der Waals surface area (Å²) in [5.74, 6) is 0.216. The highest BCUT2D eigenvalue weighted by atomic mass is 35.5. The summed E-state index contributed by atoms with van der Waals surface area (Å²) in [6.45, 7) is 3.06. The van der Waals surface area contributed by atoms with Gasteiger partial charge in [0.25, 0.3) is 0 Å². The molecule has 0 saturated carbocycles. The summed E-state index contributed by atoms with van der Waals surface area (Å²) in [5.41, 5.74) is 6.72. The second kappa shape index (κ2) is 10.2. The van der Waals surface area contributed by atoms with E-state index in [9.17, 15) is 14.7 Å². The van der Waals surface area contributed by atoms with Crippen molar-refractivity contribution in [3.8, 4) is 0 Å². The number of aliphatic hydroxyl groups is 1. The first-order valence-corrected chi connectivity index (χ1v) is 9.99. The third kappa shape index (κ3) is 5.69. The van der Waals surface area contributed by atoms with E-state index in [1.54, 1.807) is 0 Å². The van der Waals surface area contributed by atoms with E-state index in [0.717, 1.165) is 38.8 Å². The Balaban J connectivity index is 0.00000280. The molecule has 2 amide bonds. The van der Waals surface area contributed by atoms with Crippen molar-refractivity contribution in [1.82, 2.24) is 9.80 Å². The van der Waals surface area contributed by atoms with E-state index in [4.69, 9.17) is 5.73 Å². The van der Waals surface area contributed by atoms with Gasteiger partial charge < -0.3 is 20.6 Å². The van der Waals surface area contributed by atoms with Crippen LogP contribution >= 0.6 is 12.4 Å².